The SMILES string of the molecule is O=C(N1CCOCC1)N1CC(CO)C1. The van der Waals surface area contributed by atoms with Crippen LogP contribution in [-0.4, -0.2) is 66.9 Å². The molecule has 0 aromatic heterocycles. The number of aliphatic hydroxyl groups excluding tert-OH is 1. The van der Waals surface area contributed by atoms with Crippen molar-refractivity contribution in [3.8, 4) is 0 Å². The molecule has 2 amide bonds. The molecule has 2 rings (SSSR count). The number of carbonyl (C=O) groups excluding carboxylic acids is 1. The van der Waals surface area contributed by atoms with E-state index in [1.165, 1.54) is 0 Å². The second-order valence-corrected chi connectivity index (χ2v) is 3.84. The van der Waals surface area contributed by atoms with Gasteiger partial charge in [-0.2, -0.15) is 0 Å². The van der Waals surface area contributed by atoms with E-state index in [1.807, 2.05) is 4.90 Å². The molecule has 80 valence electrons. The Hall–Kier alpha value is -0.810. The number of rotatable bonds is 1. The largest absolute Gasteiger partial charge is 0.396 e. The van der Waals surface area contributed by atoms with Crippen LogP contribution in [-0.2, 0) is 4.74 Å². The summed E-state index contributed by atoms with van der Waals surface area (Å²) in [5.41, 5.74) is 0. The highest BCUT2D eigenvalue weighted by Crippen LogP contribution is 2.17. The lowest BCUT2D eigenvalue weighted by Crippen LogP contribution is -2.57. The molecule has 0 aromatic rings. The molecule has 0 saturated carbocycles. The number of likely N-dealkylation sites (tertiary alicyclic amines) is 1. The summed E-state index contributed by atoms with van der Waals surface area (Å²) in [6, 6.07) is 0.0954. The number of hydrogen-bond acceptors (Lipinski definition) is 3. The van der Waals surface area contributed by atoms with Crippen LogP contribution in [0.15, 0.2) is 0 Å². The van der Waals surface area contributed by atoms with Crippen LogP contribution in [0.25, 0.3) is 0 Å². The monoisotopic (exact) mass is 200 g/mol. The first kappa shape index (κ1) is 9.73. The summed E-state index contributed by atoms with van der Waals surface area (Å²) in [6.45, 7) is 4.26. The normalized spacial score (nSPS) is 23.5. The maximum absolute atomic E-state index is 11.8. The fraction of sp³-hybridized carbons (Fsp3) is 0.889. The van der Waals surface area contributed by atoms with E-state index in [-0.39, 0.29) is 12.6 Å². The summed E-state index contributed by atoms with van der Waals surface area (Å²) < 4.78 is 5.17. The molecule has 2 saturated heterocycles. The van der Waals surface area contributed by atoms with Crippen molar-refractivity contribution in [1.82, 2.24) is 9.80 Å². The van der Waals surface area contributed by atoms with Crippen LogP contribution in [0.1, 0.15) is 0 Å². The van der Waals surface area contributed by atoms with E-state index in [2.05, 4.69) is 0 Å². The van der Waals surface area contributed by atoms with Gasteiger partial charge in [-0.25, -0.2) is 4.79 Å². The van der Waals surface area contributed by atoms with E-state index < -0.39 is 0 Å². The molecule has 2 heterocycles. The van der Waals surface area contributed by atoms with E-state index in [0.717, 1.165) is 0 Å². The number of amides is 2. The van der Waals surface area contributed by atoms with Gasteiger partial charge in [-0.15, -0.1) is 0 Å². The quantitative estimate of drug-likeness (QED) is 0.612. The fourth-order valence-corrected chi connectivity index (χ4v) is 1.80. The molecule has 0 unspecified atom stereocenters. The molecule has 14 heavy (non-hydrogen) atoms. The van der Waals surface area contributed by atoms with Crippen LogP contribution in [0.2, 0.25) is 0 Å². The van der Waals surface area contributed by atoms with Gasteiger partial charge in [-0.1, -0.05) is 0 Å². The van der Waals surface area contributed by atoms with Crippen LogP contribution in [0.4, 0.5) is 4.79 Å². The van der Waals surface area contributed by atoms with Crippen molar-refractivity contribution in [2.45, 2.75) is 0 Å². The molecule has 0 bridgehead atoms. The third-order valence-corrected chi connectivity index (χ3v) is 2.77. The van der Waals surface area contributed by atoms with Gasteiger partial charge in [-0.3, -0.25) is 0 Å². The molecule has 5 nitrogen and oxygen atoms in total. The maximum Gasteiger partial charge on any atom is 0.320 e. The lowest BCUT2D eigenvalue weighted by atomic mass is 10.0. The predicted octanol–water partition coefficient (Wildman–Crippen LogP) is -0.637. The molecule has 1 N–H and O–H groups in total. The Kier molecular flexibility index (Phi) is 2.88. The van der Waals surface area contributed by atoms with Gasteiger partial charge in [0, 0.05) is 38.7 Å². The summed E-state index contributed by atoms with van der Waals surface area (Å²) in [5, 5.41) is 8.82. The minimum absolute atomic E-state index is 0.0954. The number of morpholine rings is 1. The van der Waals surface area contributed by atoms with Crippen LogP contribution in [0, 0.1) is 5.92 Å². The van der Waals surface area contributed by atoms with Gasteiger partial charge in [0.15, 0.2) is 0 Å². The highest BCUT2D eigenvalue weighted by Gasteiger charge is 2.33. The number of carbonyl (C=O) groups is 1. The highest BCUT2D eigenvalue weighted by atomic mass is 16.5. The topological polar surface area (TPSA) is 53.0 Å². The van der Waals surface area contributed by atoms with Crippen LogP contribution in [0.5, 0.6) is 0 Å². The smallest absolute Gasteiger partial charge is 0.320 e. The Balaban J connectivity index is 1.78. The van der Waals surface area contributed by atoms with Gasteiger partial charge in [-0.05, 0) is 0 Å². The maximum atomic E-state index is 11.8. The number of hydrogen-bond donors (Lipinski definition) is 1. The Morgan fingerprint density at radius 2 is 1.93 bits per heavy atom. The lowest BCUT2D eigenvalue weighted by Gasteiger charge is -2.42. The van der Waals surface area contributed by atoms with Crippen molar-refractivity contribution in [3.63, 3.8) is 0 Å². The minimum Gasteiger partial charge on any atom is -0.396 e. The number of aliphatic hydroxyl groups is 1. The van der Waals surface area contributed by atoms with Gasteiger partial charge in [0.1, 0.15) is 0 Å². The first-order chi connectivity index (χ1) is 6.81. The first-order valence-electron chi connectivity index (χ1n) is 5.03. The van der Waals surface area contributed by atoms with Crippen LogP contribution in [0.3, 0.4) is 0 Å². The first-order valence-corrected chi connectivity index (χ1v) is 5.03. The molecule has 0 spiro atoms. The number of nitrogens with zero attached hydrogens (tertiary/aromatic N) is 2. The molecule has 0 aliphatic carbocycles. The fourth-order valence-electron chi connectivity index (χ4n) is 1.80. The second kappa shape index (κ2) is 4.14. The Bertz CT molecular complexity index is 210. The van der Waals surface area contributed by atoms with Gasteiger partial charge >= 0.3 is 6.03 Å². The molecule has 2 fully saturated rings. The zero-order valence-electron chi connectivity index (χ0n) is 8.19. The molecular weight excluding hydrogens is 184 g/mol. The van der Waals surface area contributed by atoms with E-state index in [4.69, 9.17) is 9.84 Å². The molecule has 2 aliphatic heterocycles. The lowest BCUT2D eigenvalue weighted by molar-refractivity contribution is 0.0205. The number of ether oxygens (including phenoxy) is 1. The zero-order valence-corrected chi connectivity index (χ0v) is 8.19. The standard InChI is InChI=1S/C9H16N2O3/c12-7-8-5-11(6-8)9(13)10-1-3-14-4-2-10/h8,12H,1-7H2. The van der Waals surface area contributed by atoms with Crippen molar-refractivity contribution >= 4 is 6.03 Å². The Labute approximate surface area is 83.2 Å². The van der Waals surface area contributed by atoms with E-state index in [0.29, 0.717) is 45.3 Å². The molecule has 2 aliphatic rings. The average molecular weight is 200 g/mol. The summed E-state index contributed by atoms with van der Waals surface area (Å²) in [6.07, 6.45) is 0. The predicted molar refractivity (Wildman–Crippen MR) is 49.9 cm³/mol. The Morgan fingerprint density at radius 1 is 1.29 bits per heavy atom. The zero-order chi connectivity index (χ0) is 9.97. The second-order valence-electron chi connectivity index (χ2n) is 3.84. The summed E-state index contributed by atoms with van der Waals surface area (Å²) in [7, 11) is 0. The van der Waals surface area contributed by atoms with E-state index in [1.54, 1.807) is 4.90 Å². The van der Waals surface area contributed by atoms with Crippen molar-refractivity contribution < 1.29 is 14.6 Å². The molecule has 0 aromatic carbocycles. The van der Waals surface area contributed by atoms with Crippen molar-refractivity contribution in [2.24, 2.45) is 5.92 Å². The minimum atomic E-state index is 0.0954. The van der Waals surface area contributed by atoms with Crippen molar-refractivity contribution in [2.75, 3.05) is 46.0 Å². The van der Waals surface area contributed by atoms with E-state index >= 15 is 0 Å². The van der Waals surface area contributed by atoms with Crippen LogP contribution >= 0.6 is 0 Å². The van der Waals surface area contributed by atoms with Gasteiger partial charge in [0.05, 0.1) is 13.2 Å². The third-order valence-electron chi connectivity index (χ3n) is 2.77. The van der Waals surface area contributed by atoms with Crippen molar-refractivity contribution in [1.29, 1.82) is 0 Å². The highest BCUT2D eigenvalue weighted by molar-refractivity contribution is 5.75. The summed E-state index contributed by atoms with van der Waals surface area (Å²) >= 11 is 0. The van der Waals surface area contributed by atoms with Gasteiger partial charge < -0.3 is 19.6 Å². The Morgan fingerprint density at radius 3 is 2.50 bits per heavy atom. The summed E-state index contributed by atoms with van der Waals surface area (Å²) in [5.74, 6) is 0.292. The van der Waals surface area contributed by atoms with Gasteiger partial charge in [0.2, 0.25) is 0 Å². The molecular formula is C9H16N2O3. The van der Waals surface area contributed by atoms with Crippen molar-refractivity contribution in [3.05, 3.63) is 0 Å². The molecule has 0 atom stereocenters. The molecule has 0 radical (unpaired) electrons. The average Bonchev–Trinajstić information content (AvgIpc) is 2.17. The van der Waals surface area contributed by atoms with Crippen LogP contribution < -0.4 is 0 Å². The summed E-state index contributed by atoms with van der Waals surface area (Å²) in [4.78, 5) is 15.4. The van der Waals surface area contributed by atoms with E-state index in [9.17, 15) is 4.79 Å². The molecule has 5 heteroatoms. The third kappa shape index (κ3) is 1.83. The number of urea groups is 1. The van der Waals surface area contributed by atoms with Gasteiger partial charge in [0.25, 0.3) is 0 Å².